The molecule has 0 heterocycles. The molecular formula is C24H21Cl3N2O4. The summed E-state index contributed by atoms with van der Waals surface area (Å²) in [5, 5.41) is 5.34. The molecule has 0 aliphatic carbocycles. The molecule has 1 N–H and O–H groups in total. The Morgan fingerprint density at radius 3 is 2.45 bits per heavy atom. The molecule has 3 rings (SSSR count). The van der Waals surface area contributed by atoms with E-state index in [0.717, 1.165) is 5.56 Å². The van der Waals surface area contributed by atoms with Crippen LogP contribution in [0, 0.1) is 0 Å². The fourth-order valence-corrected chi connectivity index (χ4v) is 3.21. The SMILES string of the molecule is CCOc1cc(/C=N\NC(=O)COc2ccccc2Cl)ccc1OCc1ccc(Cl)c(Cl)c1. The van der Waals surface area contributed by atoms with E-state index in [-0.39, 0.29) is 6.61 Å². The zero-order valence-electron chi connectivity index (χ0n) is 17.7. The topological polar surface area (TPSA) is 69.2 Å². The third kappa shape index (κ3) is 7.56. The van der Waals surface area contributed by atoms with Crippen molar-refractivity contribution in [2.24, 2.45) is 5.10 Å². The first kappa shape index (κ1) is 24.7. The third-order valence-electron chi connectivity index (χ3n) is 4.24. The van der Waals surface area contributed by atoms with Crippen molar-refractivity contribution < 1.29 is 19.0 Å². The minimum Gasteiger partial charge on any atom is -0.490 e. The number of nitrogens with zero attached hydrogens (tertiary/aromatic N) is 1. The van der Waals surface area contributed by atoms with Gasteiger partial charge in [0.15, 0.2) is 18.1 Å². The van der Waals surface area contributed by atoms with Gasteiger partial charge in [0.25, 0.3) is 5.91 Å². The van der Waals surface area contributed by atoms with Crippen molar-refractivity contribution in [3.05, 3.63) is 86.9 Å². The number of hydrazone groups is 1. The summed E-state index contributed by atoms with van der Waals surface area (Å²) in [4.78, 5) is 12.0. The highest BCUT2D eigenvalue weighted by atomic mass is 35.5. The molecule has 1 amide bonds. The standard InChI is InChI=1S/C24H21Cl3N2O4/c1-2-31-23-12-16(8-10-22(23)32-14-17-7-9-18(25)20(27)11-17)13-28-29-24(30)15-33-21-6-4-3-5-19(21)26/h3-13H,2,14-15H2,1H3,(H,29,30)/b28-13-. The van der Waals surface area contributed by atoms with Crippen LogP contribution in [0.4, 0.5) is 0 Å². The van der Waals surface area contributed by atoms with Crippen LogP contribution in [0.5, 0.6) is 17.2 Å². The summed E-state index contributed by atoms with van der Waals surface area (Å²) in [5.74, 6) is 1.13. The lowest BCUT2D eigenvalue weighted by Crippen LogP contribution is -2.24. The van der Waals surface area contributed by atoms with Crippen LogP contribution in [0.2, 0.25) is 15.1 Å². The maximum Gasteiger partial charge on any atom is 0.277 e. The minimum atomic E-state index is -0.419. The zero-order chi connectivity index (χ0) is 23.6. The number of nitrogens with one attached hydrogen (secondary N) is 1. The molecule has 0 aliphatic heterocycles. The quantitative estimate of drug-likeness (QED) is 0.264. The van der Waals surface area contributed by atoms with Crippen LogP contribution < -0.4 is 19.6 Å². The molecule has 0 fully saturated rings. The van der Waals surface area contributed by atoms with Crippen LogP contribution in [-0.4, -0.2) is 25.3 Å². The Kier molecular flexibility index (Phi) is 9.24. The molecule has 0 unspecified atom stereocenters. The number of hydrogen-bond acceptors (Lipinski definition) is 5. The van der Waals surface area contributed by atoms with Gasteiger partial charge in [-0.2, -0.15) is 5.10 Å². The Bertz CT molecular complexity index is 1140. The molecule has 172 valence electrons. The Labute approximate surface area is 207 Å². The molecule has 0 aromatic heterocycles. The highest BCUT2D eigenvalue weighted by molar-refractivity contribution is 6.42. The molecule has 0 aliphatic rings. The summed E-state index contributed by atoms with van der Waals surface area (Å²) in [6.07, 6.45) is 1.50. The lowest BCUT2D eigenvalue weighted by atomic mass is 10.2. The minimum absolute atomic E-state index is 0.216. The van der Waals surface area contributed by atoms with Crippen molar-refractivity contribution >= 4 is 46.9 Å². The van der Waals surface area contributed by atoms with E-state index >= 15 is 0 Å². The molecule has 0 atom stereocenters. The second-order valence-electron chi connectivity index (χ2n) is 6.69. The first-order valence-corrected chi connectivity index (χ1v) is 11.1. The maximum atomic E-state index is 12.0. The molecule has 3 aromatic rings. The van der Waals surface area contributed by atoms with E-state index in [9.17, 15) is 4.79 Å². The number of hydrogen-bond donors (Lipinski definition) is 1. The predicted molar refractivity (Wildman–Crippen MR) is 131 cm³/mol. The lowest BCUT2D eigenvalue weighted by Gasteiger charge is -2.13. The maximum absolute atomic E-state index is 12.0. The van der Waals surface area contributed by atoms with Crippen molar-refractivity contribution in [1.29, 1.82) is 0 Å². The summed E-state index contributed by atoms with van der Waals surface area (Å²) < 4.78 is 16.9. The number of para-hydroxylation sites is 1. The van der Waals surface area contributed by atoms with Crippen LogP contribution in [0.15, 0.2) is 65.8 Å². The van der Waals surface area contributed by atoms with Crippen LogP contribution in [0.3, 0.4) is 0 Å². The molecule has 0 radical (unpaired) electrons. The number of halogens is 3. The van der Waals surface area contributed by atoms with Gasteiger partial charge in [-0.3, -0.25) is 4.79 Å². The molecule has 6 nitrogen and oxygen atoms in total. The van der Waals surface area contributed by atoms with Crippen molar-refractivity contribution in [2.45, 2.75) is 13.5 Å². The van der Waals surface area contributed by atoms with Crippen LogP contribution in [-0.2, 0) is 11.4 Å². The van der Waals surface area contributed by atoms with Crippen LogP contribution in [0.25, 0.3) is 0 Å². The Balaban J connectivity index is 1.57. The van der Waals surface area contributed by atoms with E-state index in [4.69, 9.17) is 49.0 Å². The van der Waals surface area contributed by atoms with Gasteiger partial charge in [-0.05, 0) is 60.5 Å². The number of carbonyl (C=O) groups is 1. The fraction of sp³-hybridized carbons (Fsp3) is 0.167. The molecule has 9 heteroatoms. The molecule has 33 heavy (non-hydrogen) atoms. The second-order valence-corrected chi connectivity index (χ2v) is 7.91. The largest absolute Gasteiger partial charge is 0.490 e. The highest BCUT2D eigenvalue weighted by Crippen LogP contribution is 2.30. The van der Waals surface area contributed by atoms with E-state index in [1.807, 2.05) is 13.0 Å². The van der Waals surface area contributed by atoms with E-state index < -0.39 is 5.91 Å². The molecule has 3 aromatic carbocycles. The normalized spacial score (nSPS) is 10.8. The number of carbonyl (C=O) groups excluding carboxylic acids is 1. The van der Waals surface area contributed by atoms with Gasteiger partial charge in [0.1, 0.15) is 12.4 Å². The van der Waals surface area contributed by atoms with Crippen molar-refractivity contribution in [1.82, 2.24) is 5.43 Å². The van der Waals surface area contributed by atoms with Gasteiger partial charge in [0, 0.05) is 0 Å². The molecule has 0 saturated heterocycles. The summed E-state index contributed by atoms with van der Waals surface area (Å²) in [6.45, 7) is 2.42. The summed E-state index contributed by atoms with van der Waals surface area (Å²) in [5.41, 5.74) is 4.00. The average molecular weight is 508 g/mol. The van der Waals surface area contributed by atoms with Crippen molar-refractivity contribution in [3.8, 4) is 17.2 Å². The molecule has 0 saturated carbocycles. The zero-order valence-corrected chi connectivity index (χ0v) is 20.0. The van der Waals surface area contributed by atoms with Crippen molar-refractivity contribution in [3.63, 3.8) is 0 Å². The number of ether oxygens (including phenoxy) is 3. The van der Waals surface area contributed by atoms with Gasteiger partial charge in [-0.1, -0.05) is 53.0 Å². The Morgan fingerprint density at radius 1 is 0.879 bits per heavy atom. The number of benzene rings is 3. The Hall–Kier alpha value is -2.93. The van der Waals surface area contributed by atoms with Gasteiger partial charge >= 0.3 is 0 Å². The van der Waals surface area contributed by atoms with Gasteiger partial charge in [-0.25, -0.2) is 5.43 Å². The Morgan fingerprint density at radius 2 is 1.70 bits per heavy atom. The molecule has 0 bridgehead atoms. The fourth-order valence-electron chi connectivity index (χ4n) is 2.70. The first-order valence-electron chi connectivity index (χ1n) is 9.99. The van der Waals surface area contributed by atoms with Crippen LogP contribution in [0.1, 0.15) is 18.1 Å². The smallest absolute Gasteiger partial charge is 0.277 e. The second kappa shape index (κ2) is 12.3. The predicted octanol–water partition coefficient (Wildman–Crippen LogP) is 6.15. The van der Waals surface area contributed by atoms with E-state index in [1.165, 1.54) is 6.21 Å². The van der Waals surface area contributed by atoms with Crippen molar-refractivity contribution in [2.75, 3.05) is 13.2 Å². The van der Waals surface area contributed by atoms with Crippen LogP contribution >= 0.6 is 34.8 Å². The molecular weight excluding hydrogens is 487 g/mol. The summed E-state index contributed by atoms with van der Waals surface area (Å²) in [6, 6.07) is 17.6. The average Bonchev–Trinajstić information content (AvgIpc) is 2.80. The number of rotatable bonds is 10. The van der Waals surface area contributed by atoms with Gasteiger partial charge in [0.2, 0.25) is 0 Å². The van der Waals surface area contributed by atoms with Gasteiger partial charge in [-0.15, -0.1) is 0 Å². The molecule has 0 spiro atoms. The van der Waals surface area contributed by atoms with E-state index in [1.54, 1.807) is 54.6 Å². The highest BCUT2D eigenvalue weighted by Gasteiger charge is 2.08. The van der Waals surface area contributed by atoms with E-state index in [2.05, 4.69) is 10.5 Å². The monoisotopic (exact) mass is 506 g/mol. The van der Waals surface area contributed by atoms with Gasteiger partial charge in [0.05, 0.1) is 27.9 Å². The lowest BCUT2D eigenvalue weighted by molar-refractivity contribution is -0.123. The third-order valence-corrected chi connectivity index (χ3v) is 5.30. The summed E-state index contributed by atoms with van der Waals surface area (Å²) >= 11 is 18.0. The van der Waals surface area contributed by atoms with Gasteiger partial charge < -0.3 is 14.2 Å². The van der Waals surface area contributed by atoms with E-state index in [0.29, 0.717) is 51.1 Å². The number of amides is 1. The summed E-state index contributed by atoms with van der Waals surface area (Å²) in [7, 11) is 0. The first-order chi connectivity index (χ1) is 16.0.